The van der Waals surface area contributed by atoms with Gasteiger partial charge in [0.25, 0.3) is 0 Å². The van der Waals surface area contributed by atoms with Crippen molar-refractivity contribution in [1.29, 1.82) is 0 Å². The second-order valence-electron chi connectivity index (χ2n) is 7.00. The SMILES string of the molecule is CCCc1ccc(S(=O)(=O)N2CCN(c3ccc(-n4ccnc4)nn3)CC2)cc1. The molecule has 1 aromatic carbocycles. The van der Waals surface area contributed by atoms with Crippen LogP contribution in [0.5, 0.6) is 0 Å². The van der Waals surface area contributed by atoms with Gasteiger partial charge in [-0.05, 0) is 36.2 Å². The minimum atomic E-state index is -3.48. The molecule has 1 aliphatic heterocycles. The van der Waals surface area contributed by atoms with Gasteiger partial charge in [0.15, 0.2) is 11.6 Å². The summed E-state index contributed by atoms with van der Waals surface area (Å²) in [6.07, 6.45) is 7.16. The summed E-state index contributed by atoms with van der Waals surface area (Å²) in [5, 5.41) is 8.52. The van der Waals surface area contributed by atoms with E-state index in [0.717, 1.165) is 24.2 Å². The van der Waals surface area contributed by atoms with Crippen molar-refractivity contribution >= 4 is 15.8 Å². The molecular formula is C20H24N6O2S. The van der Waals surface area contributed by atoms with Crippen molar-refractivity contribution in [3.63, 3.8) is 0 Å². The molecule has 3 heterocycles. The number of hydrogen-bond donors (Lipinski definition) is 0. The van der Waals surface area contributed by atoms with Crippen molar-refractivity contribution in [2.45, 2.75) is 24.7 Å². The first kappa shape index (κ1) is 19.5. The molecule has 1 saturated heterocycles. The third-order valence-electron chi connectivity index (χ3n) is 5.07. The molecular weight excluding hydrogens is 388 g/mol. The van der Waals surface area contributed by atoms with E-state index in [0.29, 0.717) is 36.9 Å². The van der Waals surface area contributed by atoms with Crippen LogP contribution < -0.4 is 4.90 Å². The molecule has 0 radical (unpaired) electrons. The number of piperazine rings is 1. The van der Waals surface area contributed by atoms with Gasteiger partial charge in [-0.1, -0.05) is 25.5 Å². The molecule has 2 aromatic heterocycles. The minimum absolute atomic E-state index is 0.357. The number of sulfonamides is 1. The van der Waals surface area contributed by atoms with E-state index in [9.17, 15) is 8.42 Å². The zero-order valence-corrected chi connectivity index (χ0v) is 17.2. The lowest BCUT2D eigenvalue weighted by Gasteiger charge is -2.34. The van der Waals surface area contributed by atoms with Gasteiger partial charge in [0, 0.05) is 38.6 Å². The summed E-state index contributed by atoms with van der Waals surface area (Å²) in [6, 6.07) is 11.0. The fourth-order valence-corrected chi connectivity index (χ4v) is 4.86. The number of aryl methyl sites for hydroxylation is 1. The van der Waals surface area contributed by atoms with Crippen LogP contribution in [0.4, 0.5) is 5.82 Å². The van der Waals surface area contributed by atoms with Gasteiger partial charge in [0.1, 0.15) is 6.33 Å². The zero-order chi connectivity index (χ0) is 20.3. The number of aromatic nitrogens is 4. The number of nitrogens with zero attached hydrogens (tertiary/aromatic N) is 6. The first-order valence-corrected chi connectivity index (χ1v) is 11.2. The summed E-state index contributed by atoms with van der Waals surface area (Å²) >= 11 is 0. The predicted octanol–water partition coefficient (Wildman–Crippen LogP) is 2.13. The topological polar surface area (TPSA) is 84.2 Å². The van der Waals surface area contributed by atoms with Crippen LogP contribution in [-0.4, -0.2) is 58.7 Å². The average molecular weight is 413 g/mol. The molecule has 1 aliphatic rings. The lowest BCUT2D eigenvalue weighted by Crippen LogP contribution is -2.49. The van der Waals surface area contributed by atoms with Crippen molar-refractivity contribution < 1.29 is 8.42 Å². The highest BCUT2D eigenvalue weighted by atomic mass is 32.2. The van der Waals surface area contributed by atoms with Gasteiger partial charge in [-0.3, -0.25) is 4.57 Å². The molecule has 1 fully saturated rings. The molecule has 4 rings (SSSR count). The quantitative estimate of drug-likeness (QED) is 0.617. The Hall–Kier alpha value is -2.78. The summed E-state index contributed by atoms with van der Waals surface area (Å²) in [7, 11) is -3.48. The zero-order valence-electron chi connectivity index (χ0n) is 16.3. The van der Waals surface area contributed by atoms with Crippen LogP contribution in [0.25, 0.3) is 5.82 Å². The standard InChI is InChI=1S/C20H24N6O2S/c1-2-3-17-4-6-18(7-5-17)29(27,28)26-14-12-24(13-15-26)19-8-9-20(23-22-19)25-11-10-21-16-25/h4-11,16H,2-3,12-15H2,1H3. The minimum Gasteiger partial charge on any atom is -0.352 e. The highest BCUT2D eigenvalue weighted by Crippen LogP contribution is 2.21. The average Bonchev–Trinajstić information content (AvgIpc) is 3.30. The van der Waals surface area contributed by atoms with Crippen LogP contribution in [0, 0.1) is 0 Å². The van der Waals surface area contributed by atoms with Crippen molar-refractivity contribution in [2.24, 2.45) is 0 Å². The molecule has 0 unspecified atom stereocenters. The van der Waals surface area contributed by atoms with E-state index in [4.69, 9.17) is 0 Å². The number of benzene rings is 1. The van der Waals surface area contributed by atoms with E-state index in [1.165, 1.54) is 0 Å². The second-order valence-corrected chi connectivity index (χ2v) is 8.94. The van der Waals surface area contributed by atoms with Crippen molar-refractivity contribution in [2.75, 3.05) is 31.1 Å². The van der Waals surface area contributed by atoms with Gasteiger partial charge in [0.2, 0.25) is 10.0 Å². The molecule has 0 bridgehead atoms. The largest absolute Gasteiger partial charge is 0.352 e. The van der Waals surface area contributed by atoms with E-state index in [1.54, 1.807) is 33.5 Å². The highest BCUT2D eigenvalue weighted by Gasteiger charge is 2.29. The first-order valence-electron chi connectivity index (χ1n) is 9.74. The number of anilines is 1. The number of rotatable bonds is 6. The Morgan fingerprint density at radius 2 is 1.62 bits per heavy atom. The van der Waals surface area contributed by atoms with E-state index in [-0.39, 0.29) is 0 Å². The molecule has 8 nitrogen and oxygen atoms in total. The predicted molar refractivity (Wildman–Crippen MR) is 111 cm³/mol. The Labute approximate surface area is 170 Å². The summed E-state index contributed by atoms with van der Waals surface area (Å²) in [6.45, 7) is 4.10. The van der Waals surface area contributed by atoms with Crippen molar-refractivity contribution in [1.82, 2.24) is 24.1 Å². The van der Waals surface area contributed by atoms with Gasteiger partial charge >= 0.3 is 0 Å². The van der Waals surface area contributed by atoms with Crippen LogP contribution >= 0.6 is 0 Å². The maximum absolute atomic E-state index is 12.9. The Morgan fingerprint density at radius 3 is 2.21 bits per heavy atom. The molecule has 3 aromatic rings. The lowest BCUT2D eigenvalue weighted by atomic mass is 10.1. The fraction of sp³-hybridized carbons (Fsp3) is 0.350. The molecule has 9 heteroatoms. The van der Waals surface area contributed by atoms with Crippen LogP contribution in [0.3, 0.4) is 0 Å². The Bertz CT molecular complexity index is 1030. The Kier molecular flexibility index (Phi) is 5.59. The smallest absolute Gasteiger partial charge is 0.243 e. The van der Waals surface area contributed by atoms with E-state index in [2.05, 4.69) is 27.0 Å². The summed E-state index contributed by atoms with van der Waals surface area (Å²) < 4.78 is 29.2. The normalized spacial score (nSPS) is 15.6. The van der Waals surface area contributed by atoms with Gasteiger partial charge in [-0.15, -0.1) is 10.2 Å². The van der Waals surface area contributed by atoms with Crippen molar-refractivity contribution in [3.8, 4) is 5.82 Å². The maximum Gasteiger partial charge on any atom is 0.243 e. The fourth-order valence-electron chi connectivity index (χ4n) is 3.44. The number of imidazole rings is 1. The summed E-state index contributed by atoms with van der Waals surface area (Å²) in [4.78, 5) is 6.42. The third-order valence-corrected chi connectivity index (χ3v) is 6.98. The highest BCUT2D eigenvalue weighted by molar-refractivity contribution is 7.89. The molecule has 29 heavy (non-hydrogen) atoms. The van der Waals surface area contributed by atoms with Crippen LogP contribution in [0.15, 0.2) is 60.0 Å². The van der Waals surface area contributed by atoms with Crippen LogP contribution in [-0.2, 0) is 16.4 Å². The molecule has 0 saturated carbocycles. The van der Waals surface area contributed by atoms with Crippen LogP contribution in [0.1, 0.15) is 18.9 Å². The van der Waals surface area contributed by atoms with Gasteiger partial charge in [0.05, 0.1) is 4.90 Å². The second kappa shape index (κ2) is 8.30. The molecule has 152 valence electrons. The lowest BCUT2D eigenvalue weighted by molar-refractivity contribution is 0.383. The van der Waals surface area contributed by atoms with Gasteiger partial charge < -0.3 is 4.90 Å². The van der Waals surface area contributed by atoms with E-state index >= 15 is 0 Å². The molecule has 0 N–H and O–H groups in total. The Balaban J connectivity index is 1.40. The van der Waals surface area contributed by atoms with E-state index < -0.39 is 10.0 Å². The molecule has 0 amide bonds. The molecule has 0 spiro atoms. The molecule has 0 aliphatic carbocycles. The summed E-state index contributed by atoms with van der Waals surface area (Å²) in [5.74, 6) is 1.44. The van der Waals surface area contributed by atoms with E-state index in [1.807, 2.05) is 30.5 Å². The van der Waals surface area contributed by atoms with Crippen molar-refractivity contribution in [3.05, 3.63) is 60.7 Å². The molecule has 0 atom stereocenters. The third kappa shape index (κ3) is 4.15. The number of hydrogen-bond acceptors (Lipinski definition) is 6. The van der Waals surface area contributed by atoms with Gasteiger partial charge in [-0.25, -0.2) is 13.4 Å². The maximum atomic E-state index is 12.9. The first-order chi connectivity index (χ1) is 14.1. The Morgan fingerprint density at radius 1 is 0.931 bits per heavy atom. The monoisotopic (exact) mass is 412 g/mol. The van der Waals surface area contributed by atoms with Gasteiger partial charge in [-0.2, -0.15) is 4.31 Å². The van der Waals surface area contributed by atoms with Crippen LogP contribution in [0.2, 0.25) is 0 Å². The summed E-state index contributed by atoms with van der Waals surface area (Å²) in [5.41, 5.74) is 1.16.